The number of hydrogen-bond donors (Lipinski definition) is 2. The van der Waals surface area contributed by atoms with E-state index in [9.17, 15) is 0 Å². The first-order valence-corrected chi connectivity index (χ1v) is 8.15. The number of aryl methyl sites for hydroxylation is 4. The van der Waals surface area contributed by atoms with Gasteiger partial charge in [-0.3, -0.25) is 5.84 Å². The van der Waals surface area contributed by atoms with Crippen LogP contribution in [0.25, 0.3) is 0 Å². The van der Waals surface area contributed by atoms with Crippen LogP contribution in [0.5, 0.6) is 0 Å². The number of nitrogens with one attached hydrogen (secondary N) is 1. The van der Waals surface area contributed by atoms with Crippen LogP contribution in [0.3, 0.4) is 0 Å². The molecule has 1 atom stereocenters. The Kier molecular flexibility index (Phi) is 3.92. The molecular weight excluding hydrogens is 264 g/mol. The molecule has 0 radical (unpaired) electrons. The van der Waals surface area contributed by atoms with E-state index in [2.05, 4.69) is 43.5 Å². The Balaban J connectivity index is 1.96. The van der Waals surface area contributed by atoms with E-state index in [1.807, 2.05) is 11.3 Å². The molecule has 1 unspecified atom stereocenters. The van der Waals surface area contributed by atoms with Crippen molar-refractivity contribution in [3.63, 3.8) is 0 Å². The van der Waals surface area contributed by atoms with E-state index in [1.165, 1.54) is 47.3 Å². The summed E-state index contributed by atoms with van der Waals surface area (Å²) < 4.78 is 0. The lowest BCUT2D eigenvalue weighted by Crippen LogP contribution is -2.28. The van der Waals surface area contributed by atoms with Crippen LogP contribution in [-0.4, -0.2) is 0 Å². The standard InChI is InChI=1S/C17H22N2S/c1-11-7-8-14(9-12(11)2)17(19-18)16-10-13-5-3-4-6-15(13)20-16/h7-10,17,19H,3-6,18H2,1-2H3. The van der Waals surface area contributed by atoms with Crippen molar-refractivity contribution in [1.29, 1.82) is 0 Å². The SMILES string of the molecule is Cc1ccc(C(NN)c2cc3c(s2)CCCC3)cc1C. The third-order valence-electron chi connectivity index (χ3n) is 4.33. The molecule has 2 nitrogen and oxygen atoms in total. The third-order valence-corrected chi connectivity index (χ3v) is 5.63. The molecule has 1 aliphatic rings. The molecule has 20 heavy (non-hydrogen) atoms. The molecule has 1 aromatic carbocycles. The first-order chi connectivity index (χ1) is 9.69. The average Bonchev–Trinajstić information content (AvgIpc) is 2.87. The molecule has 106 valence electrons. The van der Waals surface area contributed by atoms with E-state index < -0.39 is 0 Å². The summed E-state index contributed by atoms with van der Waals surface area (Å²) in [5.41, 5.74) is 8.45. The largest absolute Gasteiger partial charge is 0.271 e. The zero-order chi connectivity index (χ0) is 14.1. The normalized spacial score (nSPS) is 15.9. The molecular formula is C17H22N2S. The maximum absolute atomic E-state index is 5.84. The predicted molar refractivity (Wildman–Crippen MR) is 86.0 cm³/mol. The minimum absolute atomic E-state index is 0.116. The van der Waals surface area contributed by atoms with Gasteiger partial charge >= 0.3 is 0 Å². The predicted octanol–water partition coefficient (Wildman–Crippen LogP) is 3.80. The molecule has 3 rings (SSSR count). The summed E-state index contributed by atoms with van der Waals surface area (Å²) in [7, 11) is 0. The quantitative estimate of drug-likeness (QED) is 0.665. The summed E-state index contributed by atoms with van der Waals surface area (Å²) in [5.74, 6) is 5.84. The summed E-state index contributed by atoms with van der Waals surface area (Å²) in [6, 6.07) is 9.09. The Labute approximate surface area is 125 Å². The van der Waals surface area contributed by atoms with Crippen molar-refractivity contribution < 1.29 is 0 Å². The summed E-state index contributed by atoms with van der Waals surface area (Å²) in [4.78, 5) is 2.91. The highest BCUT2D eigenvalue weighted by molar-refractivity contribution is 7.12. The smallest absolute Gasteiger partial charge is 0.0802 e. The van der Waals surface area contributed by atoms with Crippen molar-refractivity contribution in [2.24, 2.45) is 5.84 Å². The van der Waals surface area contributed by atoms with Crippen molar-refractivity contribution in [1.82, 2.24) is 5.43 Å². The highest BCUT2D eigenvalue weighted by atomic mass is 32.1. The van der Waals surface area contributed by atoms with Gasteiger partial charge in [-0.15, -0.1) is 11.3 Å². The van der Waals surface area contributed by atoms with Gasteiger partial charge in [-0.25, -0.2) is 5.43 Å². The van der Waals surface area contributed by atoms with Crippen molar-refractivity contribution in [2.75, 3.05) is 0 Å². The van der Waals surface area contributed by atoms with Gasteiger partial charge in [-0.2, -0.15) is 0 Å². The maximum atomic E-state index is 5.84. The molecule has 0 bridgehead atoms. The highest BCUT2D eigenvalue weighted by Crippen LogP contribution is 2.35. The molecule has 0 spiro atoms. The number of nitrogens with two attached hydrogens (primary N) is 1. The molecule has 0 fully saturated rings. The number of rotatable bonds is 3. The molecule has 1 heterocycles. The molecule has 0 amide bonds. The molecule has 0 aliphatic heterocycles. The van der Waals surface area contributed by atoms with Gasteiger partial charge in [0.1, 0.15) is 0 Å². The minimum atomic E-state index is 0.116. The van der Waals surface area contributed by atoms with E-state index in [1.54, 1.807) is 10.4 Å². The number of hydrazine groups is 1. The van der Waals surface area contributed by atoms with Gasteiger partial charge in [-0.1, -0.05) is 18.2 Å². The lowest BCUT2D eigenvalue weighted by molar-refractivity contribution is 0.645. The summed E-state index contributed by atoms with van der Waals surface area (Å²) >= 11 is 1.93. The van der Waals surface area contributed by atoms with Crippen molar-refractivity contribution >= 4 is 11.3 Å². The Morgan fingerprint density at radius 1 is 1.10 bits per heavy atom. The second-order valence-corrected chi connectivity index (χ2v) is 6.92. The number of fused-ring (bicyclic) bond motifs is 1. The Bertz CT molecular complexity index is 592. The minimum Gasteiger partial charge on any atom is -0.271 e. The first-order valence-electron chi connectivity index (χ1n) is 7.34. The second kappa shape index (κ2) is 5.68. The zero-order valence-electron chi connectivity index (χ0n) is 12.2. The highest BCUT2D eigenvalue weighted by Gasteiger charge is 2.20. The zero-order valence-corrected chi connectivity index (χ0v) is 13.0. The van der Waals surface area contributed by atoms with E-state index >= 15 is 0 Å². The van der Waals surface area contributed by atoms with Crippen LogP contribution in [0, 0.1) is 13.8 Å². The maximum Gasteiger partial charge on any atom is 0.0802 e. The molecule has 0 saturated carbocycles. The van der Waals surface area contributed by atoms with Gasteiger partial charge < -0.3 is 0 Å². The molecule has 1 aliphatic carbocycles. The fourth-order valence-corrected chi connectivity index (χ4v) is 4.29. The van der Waals surface area contributed by atoms with Crippen LogP contribution in [0.4, 0.5) is 0 Å². The lowest BCUT2D eigenvalue weighted by Gasteiger charge is -2.16. The van der Waals surface area contributed by atoms with E-state index in [0.717, 1.165) is 0 Å². The van der Waals surface area contributed by atoms with Crippen LogP contribution >= 0.6 is 11.3 Å². The van der Waals surface area contributed by atoms with Crippen LogP contribution < -0.4 is 11.3 Å². The molecule has 3 N–H and O–H groups in total. The van der Waals surface area contributed by atoms with E-state index in [-0.39, 0.29) is 6.04 Å². The van der Waals surface area contributed by atoms with Crippen molar-refractivity contribution in [3.8, 4) is 0 Å². The number of thiophene rings is 1. The monoisotopic (exact) mass is 286 g/mol. The second-order valence-electron chi connectivity index (χ2n) is 5.75. The van der Waals surface area contributed by atoms with Crippen molar-refractivity contribution in [3.05, 3.63) is 56.3 Å². The third kappa shape index (κ3) is 2.53. The van der Waals surface area contributed by atoms with Gasteiger partial charge in [0.15, 0.2) is 0 Å². The van der Waals surface area contributed by atoms with Gasteiger partial charge in [0.2, 0.25) is 0 Å². The van der Waals surface area contributed by atoms with Gasteiger partial charge in [0.25, 0.3) is 0 Å². The summed E-state index contributed by atoms with van der Waals surface area (Å²) in [6.07, 6.45) is 5.13. The lowest BCUT2D eigenvalue weighted by atomic mass is 9.97. The van der Waals surface area contributed by atoms with Gasteiger partial charge in [0, 0.05) is 9.75 Å². The van der Waals surface area contributed by atoms with Crippen molar-refractivity contribution in [2.45, 2.75) is 45.6 Å². The molecule has 3 heteroatoms. The van der Waals surface area contributed by atoms with E-state index in [4.69, 9.17) is 5.84 Å². The first kappa shape index (κ1) is 13.8. The fraction of sp³-hybridized carbons (Fsp3) is 0.412. The topological polar surface area (TPSA) is 38.0 Å². The van der Waals surface area contributed by atoms with Gasteiger partial charge in [0.05, 0.1) is 6.04 Å². The average molecular weight is 286 g/mol. The molecule has 2 aromatic rings. The number of hydrogen-bond acceptors (Lipinski definition) is 3. The molecule has 0 saturated heterocycles. The fourth-order valence-electron chi connectivity index (χ4n) is 2.94. The van der Waals surface area contributed by atoms with Crippen LogP contribution in [0.15, 0.2) is 24.3 Å². The summed E-state index contributed by atoms with van der Waals surface area (Å²) in [5, 5.41) is 0. The van der Waals surface area contributed by atoms with Crippen LogP contribution in [0.2, 0.25) is 0 Å². The van der Waals surface area contributed by atoms with E-state index in [0.29, 0.717) is 0 Å². The number of benzene rings is 1. The summed E-state index contributed by atoms with van der Waals surface area (Å²) in [6.45, 7) is 4.31. The molecule has 1 aromatic heterocycles. The Hall–Kier alpha value is -1.16. The van der Waals surface area contributed by atoms with Gasteiger partial charge in [-0.05, 0) is 67.9 Å². The Morgan fingerprint density at radius 2 is 1.90 bits per heavy atom. The van der Waals surface area contributed by atoms with Crippen LogP contribution in [0.1, 0.15) is 50.9 Å². The van der Waals surface area contributed by atoms with Crippen LogP contribution in [-0.2, 0) is 12.8 Å². The Morgan fingerprint density at radius 3 is 2.60 bits per heavy atom.